The summed E-state index contributed by atoms with van der Waals surface area (Å²) in [6.07, 6.45) is -0.365. The van der Waals surface area contributed by atoms with Crippen LogP contribution in [-0.2, 0) is 9.59 Å². The molecule has 6 heteroatoms. The minimum Gasteiger partial charge on any atom is -0.326 e. The monoisotopic (exact) mass is 264 g/mol. The van der Waals surface area contributed by atoms with Gasteiger partial charge in [0.05, 0.1) is 11.8 Å². The van der Waals surface area contributed by atoms with E-state index in [0.29, 0.717) is 5.69 Å². The van der Waals surface area contributed by atoms with Crippen LogP contribution in [0.2, 0.25) is 0 Å². The SMILES string of the molecule is CC(C)(C[N+](=O)[O-])C(=O)CC(=O)Nc1ccccc1. The topological polar surface area (TPSA) is 89.3 Å². The lowest BCUT2D eigenvalue weighted by Crippen LogP contribution is -2.34. The first-order valence-electron chi connectivity index (χ1n) is 5.81. The molecule has 1 aromatic rings. The molecule has 0 unspecified atom stereocenters. The number of nitrogens with zero attached hydrogens (tertiary/aromatic N) is 1. The fourth-order valence-electron chi connectivity index (χ4n) is 1.52. The summed E-state index contributed by atoms with van der Waals surface area (Å²) in [4.78, 5) is 33.4. The standard InChI is InChI=1S/C13H16N2O4/c1-13(2,9-15(18)19)11(16)8-12(17)14-10-6-4-3-5-7-10/h3-7H,8-9H2,1-2H3,(H,14,17). The van der Waals surface area contributed by atoms with E-state index in [2.05, 4.69) is 5.32 Å². The second-order valence-electron chi connectivity index (χ2n) is 4.89. The molecule has 0 heterocycles. The Morgan fingerprint density at radius 2 is 1.84 bits per heavy atom. The van der Waals surface area contributed by atoms with Crippen LogP contribution in [0.3, 0.4) is 0 Å². The van der Waals surface area contributed by atoms with Gasteiger partial charge in [0.15, 0.2) is 5.78 Å². The van der Waals surface area contributed by atoms with Crippen LogP contribution in [0, 0.1) is 15.5 Å². The minimum absolute atomic E-state index is 0.365. The lowest BCUT2D eigenvalue weighted by molar-refractivity contribution is -0.492. The van der Waals surface area contributed by atoms with E-state index >= 15 is 0 Å². The third kappa shape index (κ3) is 4.87. The van der Waals surface area contributed by atoms with Gasteiger partial charge in [0.25, 0.3) is 0 Å². The Hall–Kier alpha value is -2.24. The highest BCUT2D eigenvalue weighted by molar-refractivity contribution is 6.06. The van der Waals surface area contributed by atoms with Crippen LogP contribution in [0.4, 0.5) is 5.69 Å². The van der Waals surface area contributed by atoms with Crippen LogP contribution in [0.1, 0.15) is 20.3 Å². The van der Waals surface area contributed by atoms with Crippen molar-refractivity contribution in [1.29, 1.82) is 0 Å². The molecule has 0 aliphatic heterocycles. The summed E-state index contributed by atoms with van der Waals surface area (Å²) >= 11 is 0. The molecule has 0 aliphatic carbocycles. The van der Waals surface area contributed by atoms with Crippen LogP contribution in [0.25, 0.3) is 0 Å². The highest BCUT2D eigenvalue weighted by atomic mass is 16.6. The van der Waals surface area contributed by atoms with Crippen molar-refractivity contribution in [3.63, 3.8) is 0 Å². The summed E-state index contributed by atoms with van der Waals surface area (Å²) in [5.41, 5.74) is -0.551. The number of para-hydroxylation sites is 1. The maximum Gasteiger partial charge on any atom is 0.231 e. The van der Waals surface area contributed by atoms with E-state index in [4.69, 9.17) is 0 Å². The molecule has 0 saturated heterocycles. The number of rotatable bonds is 6. The molecular weight excluding hydrogens is 248 g/mol. The molecule has 6 nitrogen and oxygen atoms in total. The summed E-state index contributed by atoms with van der Waals surface area (Å²) in [5, 5.41) is 13.0. The summed E-state index contributed by atoms with van der Waals surface area (Å²) in [7, 11) is 0. The number of nitrogens with one attached hydrogen (secondary N) is 1. The van der Waals surface area contributed by atoms with Crippen molar-refractivity contribution in [2.24, 2.45) is 5.41 Å². The van der Waals surface area contributed by atoms with Gasteiger partial charge in [-0.05, 0) is 26.0 Å². The second kappa shape index (κ2) is 6.08. The van der Waals surface area contributed by atoms with Gasteiger partial charge in [0.2, 0.25) is 12.5 Å². The van der Waals surface area contributed by atoms with Crippen LogP contribution < -0.4 is 5.32 Å². The van der Waals surface area contributed by atoms with Crippen LogP contribution >= 0.6 is 0 Å². The molecule has 0 atom stereocenters. The van der Waals surface area contributed by atoms with Crippen molar-refractivity contribution in [3.8, 4) is 0 Å². The molecule has 0 aliphatic rings. The van der Waals surface area contributed by atoms with E-state index in [1.807, 2.05) is 0 Å². The molecule has 1 aromatic carbocycles. The Balaban J connectivity index is 2.57. The lowest BCUT2D eigenvalue weighted by Gasteiger charge is -2.17. The van der Waals surface area contributed by atoms with Crippen LogP contribution in [-0.4, -0.2) is 23.2 Å². The predicted molar refractivity (Wildman–Crippen MR) is 70.3 cm³/mol. The third-order valence-electron chi connectivity index (χ3n) is 2.66. The summed E-state index contributed by atoms with van der Waals surface area (Å²) < 4.78 is 0. The third-order valence-corrected chi connectivity index (χ3v) is 2.66. The maximum absolute atomic E-state index is 11.8. The van der Waals surface area contributed by atoms with E-state index in [0.717, 1.165) is 0 Å². The quantitative estimate of drug-likeness (QED) is 0.482. The molecule has 0 radical (unpaired) electrons. The zero-order valence-corrected chi connectivity index (χ0v) is 10.9. The second-order valence-corrected chi connectivity index (χ2v) is 4.89. The molecule has 0 bridgehead atoms. The number of benzene rings is 1. The fourth-order valence-corrected chi connectivity index (χ4v) is 1.52. The molecule has 0 spiro atoms. The highest BCUT2D eigenvalue weighted by Gasteiger charge is 2.34. The van der Waals surface area contributed by atoms with Gasteiger partial charge in [0, 0.05) is 10.6 Å². The van der Waals surface area contributed by atoms with Crippen molar-refractivity contribution in [2.75, 3.05) is 11.9 Å². The normalized spacial score (nSPS) is 10.8. The van der Waals surface area contributed by atoms with Crippen LogP contribution in [0.5, 0.6) is 0 Å². The van der Waals surface area contributed by atoms with Gasteiger partial charge in [-0.15, -0.1) is 0 Å². The van der Waals surface area contributed by atoms with E-state index in [9.17, 15) is 19.7 Å². The minimum atomic E-state index is -1.14. The first-order valence-corrected chi connectivity index (χ1v) is 5.81. The van der Waals surface area contributed by atoms with Crippen molar-refractivity contribution in [2.45, 2.75) is 20.3 Å². The first-order chi connectivity index (χ1) is 8.81. The lowest BCUT2D eigenvalue weighted by atomic mass is 9.86. The maximum atomic E-state index is 11.8. The van der Waals surface area contributed by atoms with E-state index in [1.165, 1.54) is 13.8 Å². The summed E-state index contributed by atoms with van der Waals surface area (Å²) in [6, 6.07) is 8.72. The van der Waals surface area contributed by atoms with Gasteiger partial charge in [-0.2, -0.15) is 0 Å². The Labute approximate surface area is 111 Å². The Bertz CT molecular complexity index is 483. The summed E-state index contributed by atoms with van der Waals surface area (Å²) in [6.45, 7) is 2.45. The zero-order chi connectivity index (χ0) is 14.5. The number of carbonyl (C=O) groups excluding carboxylic acids is 2. The number of nitro groups is 1. The summed E-state index contributed by atoms with van der Waals surface area (Å²) in [5.74, 6) is -0.912. The predicted octanol–water partition coefficient (Wildman–Crippen LogP) is 1.89. The molecule has 19 heavy (non-hydrogen) atoms. The largest absolute Gasteiger partial charge is 0.326 e. The number of amides is 1. The number of carbonyl (C=O) groups is 2. The molecule has 0 aromatic heterocycles. The molecule has 0 saturated carbocycles. The Morgan fingerprint density at radius 3 is 2.37 bits per heavy atom. The molecule has 1 amide bonds. The number of hydrogen-bond donors (Lipinski definition) is 1. The highest BCUT2D eigenvalue weighted by Crippen LogP contribution is 2.19. The van der Waals surface area contributed by atoms with E-state index in [1.54, 1.807) is 30.3 Å². The van der Waals surface area contributed by atoms with Gasteiger partial charge >= 0.3 is 0 Å². The fraction of sp³-hybridized carbons (Fsp3) is 0.385. The van der Waals surface area contributed by atoms with E-state index < -0.39 is 28.6 Å². The average molecular weight is 264 g/mol. The smallest absolute Gasteiger partial charge is 0.231 e. The average Bonchev–Trinajstić information content (AvgIpc) is 2.28. The van der Waals surface area contributed by atoms with Gasteiger partial charge in [0.1, 0.15) is 0 Å². The molecular formula is C13H16N2O4. The first kappa shape index (κ1) is 14.8. The number of anilines is 1. The number of Topliss-reactive ketones (excluding diaryl/α,β-unsaturated/α-hetero) is 1. The van der Waals surface area contributed by atoms with Crippen molar-refractivity contribution < 1.29 is 14.5 Å². The van der Waals surface area contributed by atoms with Crippen molar-refractivity contribution in [1.82, 2.24) is 0 Å². The van der Waals surface area contributed by atoms with Crippen molar-refractivity contribution >= 4 is 17.4 Å². The van der Waals surface area contributed by atoms with Crippen molar-refractivity contribution in [3.05, 3.63) is 40.4 Å². The number of hydrogen-bond acceptors (Lipinski definition) is 4. The van der Waals surface area contributed by atoms with Gasteiger partial charge < -0.3 is 5.32 Å². The van der Waals surface area contributed by atoms with Gasteiger partial charge in [-0.3, -0.25) is 19.7 Å². The molecule has 102 valence electrons. The zero-order valence-electron chi connectivity index (χ0n) is 10.9. The van der Waals surface area contributed by atoms with Gasteiger partial charge in [-0.1, -0.05) is 18.2 Å². The van der Waals surface area contributed by atoms with Crippen LogP contribution in [0.15, 0.2) is 30.3 Å². The van der Waals surface area contributed by atoms with E-state index in [-0.39, 0.29) is 6.42 Å². The Morgan fingerprint density at radius 1 is 1.26 bits per heavy atom. The van der Waals surface area contributed by atoms with Gasteiger partial charge in [-0.25, -0.2) is 0 Å². The number of ketones is 1. The molecule has 0 fully saturated rings. The molecule has 1 rings (SSSR count). The Kier molecular flexibility index (Phi) is 4.74. The molecule has 1 N–H and O–H groups in total.